The van der Waals surface area contributed by atoms with Gasteiger partial charge in [0.1, 0.15) is 0 Å². The van der Waals surface area contributed by atoms with Gasteiger partial charge in [0.25, 0.3) is 0 Å². The molecule has 0 saturated carbocycles. The highest BCUT2D eigenvalue weighted by atomic mass is 79.9. The zero-order valence-corrected chi connectivity index (χ0v) is 14.0. The number of fused-ring (bicyclic) bond motifs is 1. The Balaban J connectivity index is 2.06. The Labute approximate surface area is 135 Å². The van der Waals surface area contributed by atoms with Crippen molar-refractivity contribution in [2.24, 2.45) is 0 Å². The van der Waals surface area contributed by atoms with Crippen LogP contribution >= 0.6 is 38.9 Å². The number of hydrogen-bond donors (Lipinski definition) is 1. The molecule has 1 heterocycles. The molecular weight excluding hydrogens is 354 g/mol. The lowest BCUT2D eigenvalue weighted by atomic mass is 10.0. The van der Waals surface area contributed by atoms with E-state index in [0.29, 0.717) is 0 Å². The number of nitrogens with one attached hydrogen (secondary N) is 1. The van der Waals surface area contributed by atoms with Crippen LogP contribution in [0.4, 0.5) is 0 Å². The van der Waals surface area contributed by atoms with Gasteiger partial charge < -0.3 is 5.32 Å². The lowest BCUT2D eigenvalue weighted by Gasteiger charge is -2.15. The predicted octanol–water partition coefficient (Wildman–Crippen LogP) is 5.63. The van der Waals surface area contributed by atoms with Crippen LogP contribution < -0.4 is 5.32 Å². The third-order valence-corrected chi connectivity index (χ3v) is 5.88. The maximum absolute atomic E-state index is 6.15. The Morgan fingerprint density at radius 1 is 1.10 bits per heavy atom. The van der Waals surface area contributed by atoms with E-state index >= 15 is 0 Å². The van der Waals surface area contributed by atoms with Crippen LogP contribution in [0.1, 0.15) is 16.5 Å². The van der Waals surface area contributed by atoms with Crippen LogP contribution in [0.2, 0.25) is 5.02 Å². The first kappa shape index (κ1) is 14.1. The monoisotopic (exact) mass is 365 g/mol. The fraction of sp³-hybridized carbons (Fsp3) is 0.125. The minimum Gasteiger partial charge on any atom is -0.309 e. The predicted molar refractivity (Wildman–Crippen MR) is 91.9 cm³/mol. The highest BCUT2D eigenvalue weighted by Crippen LogP contribution is 2.37. The summed E-state index contributed by atoms with van der Waals surface area (Å²) in [5.74, 6) is 0. The van der Waals surface area contributed by atoms with Crippen LogP contribution in [0.3, 0.4) is 0 Å². The van der Waals surface area contributed by atoms with Crippen LogP contribution in [0.5, 0.6) is 0 Å². The molecule has 3 aromatic rings. The van der Waals surface area contributed by atoms with Gasteiger partial charge in [0.15, 0.2) is 0 Å². The second-order valence-electron chi connectivity index (χ2n) is 4.60. The van der Waals surface area contributed by atoms with Gasteiger partial charge in [-0.15, -0.1) is 11.3 Å². The van der Waals surface area contributed by atoms with E-state index in [-0.39, 0.29) is 6.04 Å². The molecule has 0 fully saturated rings. The second kappa shape index (κ2) is 5.86. The molecule has 20 heavy (non-hydrogen) atoms. The van der Waals surface area contributed by atoms with Crippen molar-refractivity contribution >= 4 is 49.6 Å². The lowest BCUT2D eigenvalue weighted by molar-refractivity contribution is 0.705. The van der Waals surface area contributed by atoms with E-state index in [9.17, 15) is 0 Å². The molecule has 0 aliphatic rings. The zero-order valence-electron chi connectivity index (χ0n) is 10.9. The average molecular weight is 367 g/mol. The summed E-state index contributed by atoms with van der Waals surface area (Å²) in [7, 11) is 1.97. The Kier molecular flexibility index (Phi) is 4.13. The summed E-state index contributed by atoms with van der Waals surface area (Å²) >= 11 is 11.3. The van der Waals surface area contributed by atoms with Crippen molar-refractivity contribution in [2.45, 2.75) is 6.04 Å². The van der Waals surface area contributed by atoms with Crippen LogP contribution in [-0.4, -0.2) is 7.05 Å². The van der Waals surface area contributed by atoms with E-state index < -0.39 is 0 Å². The summed E-state index contributed by atoms with van der Waals surface area (Å²) in [5, 5.41) is 6.66. The average Bonchev–Trinajstić information content (AvgIpc) is 2.79. The minimum absolute atomic E-state index is 0.161. The summed E-state index contributed by atoms with van der Waals surface area (Å²) in [6, 6.07) is 17.2. The van der Waals surface area contributed by atoms with E-state index in [2.05, 4.69) is 63.7 Å². The molecule has 0 aliphatic carbocycles. The van der Waals surface area contributed by atoms with Crippen molar-refractivity contribution in [3.05, 3.63) is 67.8 Å². The molecule has 1 N–H and O–H groups in total. The SMILES string of the molecule is CNC(c1ccc2ccccc2c1)c1cc(Cl)c(Br)s1. The molecule has 1 atom stereocenters. The van der Waals surface area contributed by atoms with E-state index in [4.69, 9.17) is 11.6 Å². The number of rotatable bonds is 3. The summed E-state index contributed by atoms with van der Waals surface area (Å²) in [6.07, 6.45) is 0. The highest BCUT2D eigenvalue weighted by Gasteiger charge is 2.16. The maximum Gasteiger partial charge on any atom is 0.0888 e. The molecule has 0 spiro atoms. The summed E-state index contributed by atoms with van der Waals surface area (Å²) < 4.78 is 0.982. The van der Waals surface area contributed by atoms with Gasteiger partial charge in [-0.2, -0.15) is 0 Å². The minimum atomic E-state index is 0.161. The first-order valence-electron chi connectivity index (χ1n) is 6.29. The molecule has 0 radical (unpaired) electrons. The standard InChI is InChI=1S/C16H13BrClNS/c1-19-15(14-9-13(18)16(17)20-14)12-7-6-10-4-2-3-5-11(10)8-12/h2-9,15,19H,1H3. The van der Waals surface area contributed by atoms with Crippen LogP contribution in [0.25, 0.3) is 10.8 Å². The molecule has 0 amide bonds. The van der Waals surface area contributed by atoms with Gasteiger partial charge in [0.2, 0.25) is 0 Å². The van der Waals surface area contributed by atoms with Gasteiger partial charge in [-0.05, 0) is 51.4 Å². The fourth-order valence-corrected chi connectivity index (χ4v) is 4.25. The number of hydrogen-bond acceptors (Lipinski definition) is 2. The van der Waals surface area contributed by atoms with E-state index in [1.165, 1.54) is 21.2 Å². The van der Waals surface area contributed by atoms with Crippen molar-refractivity contribution in [2.75, 3.05) is 7.05 Å². The lowest BCUT2D eigenvalue weighted by Crippen LogP contribution is -2.16. The van der Waals surface area contributed by atoms with Crippen LogP contribution in [-0.2, 0) is 0 Å². The molecule has 2 aromatic carbocycles. The first-order chi connectivity index (χ1) is 9.69. The normalized spacial score (nSPS) is 12.8. The molecule has 102 valence electrons. The van der Waals surface area contributed by atoms with Gasteiger partial charge in [0, 0.05) is 4.88 Å². The van der Waals surface area contributed by atoms with Gasteiger partial charge >= 0.3 is 0 Å². The van der Waals surface area contributed by atoms with Crippen molar-refractivity contribution in [1.29, 1.82) is 0 Å². The number of benzene rings is 2. The molecule has 1 nitrogen and oxygen atoms in total. The Bertz CT molecular complexity index is 734. The highest BCUT2D eigenvalue weighted by molar-refractivity contribution is 9.11. The van der Waals surface area contributed by atoms with Crippen molar-refractivity contribution < 1.29 is 0 Å². The molecule has 0 saturated heterocycles. The molecular formula is C16H13BrClNS. The van der Waals surface area contributed by atoms with E-state index in [1.807, 2.05) is 13.1 Å². The maximum atomic E-state index is 6.15. The molecule has 3 rings (SSSR count). The Hall–Kier alpha value is -0.870. The molecule has 1 aromatic heterocycles. The quantitative estimate of drug-likeness (QED) is 0.634. The number of thiophene rings is 1. The largest absolute Gasteiger partial charge is 0.309 e. The van der Waals surface area contributed by atoms with E-state index in [1.54, 1.807) is 11.3 Å². The van der Waals surface area contributed by atoms with Gasteiger partial charge in [-0.25, -0.2) is 0 Å². The summed E-state index contributed by atoms with van der Waals surface area (Å²) in [6.45, 7) is 0. The van der Waals surface area contributed by atoms with Crippen molar-refractivity contribution in [3.8, 4) is 0 Å². The second-order valence-corrected chi connectivity index (χ2v) is 7.41. The molecule has 0 aliphatic heterocycles. The zero-order chi connectivity index (χ0) is 14.1. The fourth-order valence-electron chi connectivity index (χ4n) is 2.37. The number of halogens is 2. The van der Waals surface area contributed by atoms with Crippen molar-refractivity contribution in [1.82, 2.24) is 5.32 Å². The van der Waals surface area contributed by atoms with E-state index in [0.717, 1.165) is 8.81 Å². The Morgan fingerprint density at radius 2 is 1.85 bits per heavy atom. The van der Waals surface area contributed by atoms with Gasteiger partial charge in [0.05, 0.1) is 14.9 Å². The van der Waals surface area contributed by atoms with Crippen LogP contribution in [0, 0.1) is 0 Å². The molecule has 0 bridgehead atoms. The van der Waals surface area contributed by atoms with Crippen LogP contribution in [0.15, 0.2) is 52.3 Å². The topological polar surface area (TPSA) is 12.0 Å². The third-order valence-electron chi connectivity index (χ3n) is 3.34. The summed E-state index contributed by atoms with van der Waals surface area (Å²) in [4.78, 5) is 1.21. The van der Waals surface area contributed by atoms with Crippen molar-refractivity contribution in [3.63, 3.8) is 0 Å². The Morgan fingerprint density at radius 3 is 2.50 bits per heavy atom. The smallest absolute Gasteiger partial charge is 0.0888 e. The van der Waals surface area contributed by atoms with Gasteiger partial charge in [-0.3, -0.25) is 0 Å². The summed E-state index contributed by atoms with van der Waals surface area (Å²) in [5.41, 5.74) is 1.25. The first-order valence-corrected chi connectivity index (χ1v) is 8.28. The third kappa shape index (κ3) is 2.63. The van der Waals surface area contributed by atoms with Gasteiger partial charge in [-0.1, -0.05) is 48.0 Å². The molecule has 1 unspecified atom stereocenters. The molecule has 4 heteroatoms.